The molecule has 0 spiro atoms. The van der Waals surface area contributed by atoms with Crippen LogP contribution in [-0.2, 0) is 0 Å². The first kappa shape index (κ1) is 11.8. The summed E-state index contributed by atoms with van der Waals surface area (Å²) in [6.45, 7) is 7.84. The van der Waals surface area contributed by atoms with Gasteiger partial charge in [-0.2, -0.15) is 5.10 Å². The Labute approximate surface area is 90.7 Å². The van der Waals surface area contributed by atoms with Gasteiger partial charge in [0.05, 0.1) is 11.3 Å². The van der Waals surface area contributed by atoms with Gasteiger partial charge in [0, 0.05) is 18.8 Å². The fourth-order valence-electron chi connectivity index (χ4n) is 1.52. The van der Waals surface area contributed by atoms with Gasteiger partial charge in [-0.05, 0) is 27.2 Å². The molecule has 1 rings (SSSR count). The first-order valence-corrected chi connectivity index (χ1v) is 5.27. The average Bonchev–Trinajstić information content (AvgIpc) is 2.55. The summed E-state index contributed by atoms with van der Waals surface area (Å²) in [5.74, 6) is 0.0492. The summed E-state index contributed by atoms with van der Waals surface area (Å²) in [6.07, 6.45) is 0.957. The van der Waals surface area contributed by atoms with E-state index in [2.05, 4.69) is 17.1 Å². The van der Waals surface area contributed by atoms with Crippen LogP contribution in [0.3, 0.4) is 0 Å². The molecule has 1 heterocycles. The van der Waals surface area contributed by atoms with Crippen molar-refractivity contribution in [3.8, 4) is 0 Å². The van der Waals surface area contributed by atoms with Gasteiger partial charge in [0.15, 0.2) is 0 Å². The minimum Gasteiger partial charge on any atom is -0.339 e. The highest BCUT2D eigenvalue weighted by molar-refractivity contribution is 5.96. The molecule has 0 aromatic carbocycles. The van der Waals surface area contributed by atoms with Crippen LogP contribution in [0.25, 0.3) is 0 Å². The molecular formula is C11H19N3O. The zero-order valence-corrected chi connectivity index (χ0v) is 10.1. The maximum Gasteiger partial charge on any atom is 0.257 e. The number of hydrogen-bond acceptors (Lipinski definition) is 2. The first-order valence-electron chi connectivity index (χ1n) is 5.27. The molecule has 0 radical (unpaired) electrons. The number of carbonyl (C=O) groups is 1. The van der Waals surface area contributed by atoms with E-state index >= 15 is 0 Å². The lowest BCUT2D eigenvalue weighted by Gasteiger charge is -2.23. The van der Waals surface area contributed by atoms with Crippen molar-refractivity contribution in [2.24, 2.45) is 0 Å². The van der Waals surface area contributed by atoms with Crippen molar-refractivity contribution in [2.75, 3.05) is 7.05 Å². The van der Waals surface area contributed by atoms with Crippen molar-refractivity contribution in [3.63, 3.8) is 0 Å². The molecule has 1 aromatic heterocycles. The Balaban J connectivity index is 2.94. The smallest absolute Gasteiger partial charge is 0.257 e. The van der Waals surface area contributed by atoms with Crippen LogP contribution in [0.1, 0.15) is 42.0 Å². The summed E-state index contributed by atoms with van der Waals surface area (Å²) >= 11 is 0. The van der Waals surface area contributed by atoms with Gasteiger partial charge in [0.25, 0.3) is 5.91 Å². The molecule has 84 valence electrons. The number of hydrogen-bond donors (Lipinski definition) is 1. The minimum absolute atomic E-state index is 0.0492. The van der Waals surface area contributed by atoms with Crippen molar-refractivity contribution in [3.05, 3.63) is 17.0 Å². The molecule has 1 amide bonds. The van der Waals surface area contributed by atoms with E-state index in [1.165, 1.54) is 0 Å². The van der Waals surface area contributed by atoms with Crippen molar-refractivity contribution >= 4 is 5.91 Å². The summed E-state index contributed by atoms with van der Waals surface area (Å²) in [4.78, 5) is 13.9. The van der Waals surface area contributed by atoms with Crippen molar-refractivity contribution in [1.29, 1.82) is 0 Å². The van der Waals surface area contributed by atoms with Crippen molar-refractivity contribution < 1.29 is 4.79 Å². The van der Waals surface area contributed by atoms with E-state index < -0.39 is 0 Å². The normalized spacial score (nSPS) is 12.6. The Morgan fingerprint density at radius 2 is 2.13 bits per heavy atom. The van der Waals surface area contributed by atoms with Crippen LogP contribution in [-0.4, -0.2) is 34.1 Å². The minimum atomic E-state index is 0.0492. The van der Waals surface area contributed by atoms with Gasteiger partial charge in [-0.3, -0.25) is 9.89 Å². The number of carbonyl (C=O) groups excluding carboxylic acids is 1. The molecule has 4 heteroatoms. The number of aryl methyl sites for hydroxylation is 2. The molecule has 0 aliphatic carbocycles. The van der Waals surface area contributed by atoms with Crippen molar-refractivity contribution in [2.45, 2.75) is 40.2 Å². The van der Waals surface area contributed by atoms with E-state index in [0.29, 0.717) is 5.56 Å². The summed E-state index contributed by atoms with van der Waals surface area (Å²) in [5.41, 5.74) is 2.32. The lowest BCUT2D eigenvalue weighted by molar-refractivity contribution is 0.0739. The first-order chi connectivity index (χ1) is 6.99. The third-order valence-electron chi connectivity index (χ3n) is 2.91. The fourth-order valence-corrected chi connectivity index (χ4v) is 1.52. The second kappa shape index (κ2) is 4.47. The van der Waals surface area contributed by atoms with Crippen LogP contribution in [0.2, 0.25) is 0 Å². The molecule has 1 N–H and O–H groups in total. The predicted molar refractivity (Wildman–Crippen MR) is 59.9 cm³/mol. The Bertz CT molecular complexity index is 337. The lowest BCUT2D eigenvalue weighted by atomic mass is 10.1. The van der Waals surface area contributed by atoms with Crippen LogP contribution in [0, 0.1) is 13.8 Å². The summed E-state index contributed by atoms with van der Waals surface area (Å²) < 4.78 is 0. The molecule has 0 fully saturated rings. The molecule has 0 aliphatic heterocycles. The molecular weight excluding hydrogens is 190 g/mol. The molecule has 1 unspecified atom stereocenters. The van der Waals surface area contributed by atoms with Gasteiger partial charge in [0.2, 0.25) is 0 Å². The lowest BCUT2D eigenvalue weighted by Crippen LogP contribution is -2.35. The topological polar surface area (TPSA) is 49.0 Å². The number of nitrogens with zero attached hydrogens (tertiary/aromatic N) is 2. The highest BCUT2D eigenvalue weighted by Crippen LogP contribution is 2.14. The number of aromatic amines is 1. The van der Waals surface area contributed by atoms with Crippen molar-refractivity contribution in [1.82, 2.24) is 15.1 Å². The van der Waals surface area contributed by atoms with Gasteiger partial charge in [-0.25, -0.2) is 0 Å². The van der Waals surface area contributed by atoms with E-state index in [1.807, 2.05) is 27.8 Å². The van der Waals surface area contributed by atoms with E-state index in [4.69, 9.17) is 0 Å². The molecule has 15 heavy (non-hydrogen) atoms. The standard InChI is InChI=1S/C11H19N3O/c1-6-7(2)14(5)11(15)10-8(3)12-13-9(10)4/h7H,6H2,1-5H3,(H,12,13). The van der Waals surface area contributed by atoms with Gasteiger partial charge >= 0.3 is 0 Å². The summed E-state index contributed by atoms with van der Waals surface area (Å²) in [6, 6.07) is 0.256. The SMILES string of the molecule is CCC(C)N(C)C(=O)c1c(C)n[nH]c1C. The van der Waals surface area contributed by atoms with Crippen LogP contribution >= 0.6 is 0 Å². The van der Waals surface area contributed by atoms with Crippen LogP contribution in [0.15, 0.2) is 0 Å². The third kappa shape index (κ3) is 2.19. The zero-order chi connectivity index (χ0) is 11.6. The number of amides is 1. The van der Waals surface area contributed by atoms with Crippen LogP contribution in [0.4, 0.5) is 0 Å². The number of rotatable bonds is 3. The fraction of sp³-hybridized carbons (Fsp3) is 0.636. The van der Waals surface area contributed by atoms with E-state index in [1.54, 1.807) is 4.90 Å². The quantitative estimate of drug-likeness (QED) is 0.826. The Morgan fingerprint density at radius 1 is 1.53 bits per heavy atom. The number of aromatic nitrogens is 2. The molecule has 0 bridgehead atoms. The second-order valence-electron chi connectivity index (χ2n) is 3.98. The number of H-pyrrole nitrogens is 1. The average molecular weight is 209 g/mol. The molecule has 0 saturated heterocycles. The molecule has 0 aliphatic rings. The van der Waals surface area contributed by atoms with E-state index in [0.717, 1.165) is 17.8 Å². The third-order valence-corrected chi connectivity index (χ3v) is 2.91. The highest BCUT2D eigenvalue weighted by atomic mass is 16.2. The molecule has 1 atom stereocenters. The maximum atomic E-state index is 12.1. The van der Waals surface area contributed by atoms with Crippen LogP contribution < -0.4 is 0 Å². The van der Waals surface area contributed by atoms with E-state index in [-0.39, 0.29) is 11.9 Å². The summed E-state index contributed by atoms with van der Waals surface area (Å²) in [5, 5.41) is 6.86. The Kier molecular flexibility index (Phi) is 3.50. The highest BCUT2D eigenvalue weighted by Gasteiger charge is 2.21. The summed E-state index contributed by atoms with van der Waals surface area (Å²) in [7, 11) is 1.84. The molecule has 0 saturated carbocycles. The molecule has 4 nitrogen and oxygen atoms in total. The van der Waals surface area contributed by atoms with Gasteiger partial charge in [0.1, 0.15) is 0 Å². The predicted octanol–water partition coefficient (Wildman–Crippen LogP) is 1.90. The monoisotopic (exact) mass is 209 g/mol. The van der Waals surface area contributed by atoms with Gasteiger partial charge in [-0.1, -0.05) is 6.92 Å². The maximum absolute atomic E-state index is 12.1. The van der Waals surface area contributed by atoms with E-state index in [9.17, 15) is 4.79 Å². The Hall–Kier alpha value is -1.32. The van der Waals surface area contributed by atoms with Crippen LogP contribution in [0.5, 0.6) is 0 Å². The zero-order valence-electron chi connectivity index (χ0n) is 10.1. The Morgan fingerprint density at radius 3 is 2.53 bits per heavy atom. The van der Waals surface area contributed by atoms with Gasteiger partial charge < -0.3 is 4.90 Å². The molecule has 1 aromatic rings. The number of nitrogens with one attached hydrogen (secondary N) is 1. The van der Waals surface area contributed by atoms with Gasteiger partial charge in [-0.15, -0.1) is 0 Å². The second-order valence-corrected chi connectivity index (χ2v) is 3.98. The largest absolute Gasteiger partial charge is 0.339 e.